The third kappa shape index (κ3) is 4.27. The molecule has 0 bridgehead atoms. The van der Waals surface area contributed by atoms with Crippen molar-refractivity contribution in [1.82, 2.24) is 20.2 Å². The van der Waals surface area contributed by atoms with Crippen molar-refractivity contribution in [2.45, 2.75) is 39.5 Å². The molecule has 0 saturated heterocycles. The van der Waals surface area contributed by atoms with Gasteiger partial charge in [-0.05, 0) is 61.1 Å². The summed E-state index contributed by atoms with van der Waals surface area (Å²) in [6.45, 7) is 9.20. The molecule has 0 unspecified atom stereocenters. The molecule has 0 saturated carbocycles. The number of nitrogens with one attached hydrogen (secondary N) is 3. The fourth-order valence-corrected chi connectivity index (χ4v) is 4.70. The highest BCUT2D eigenvalue weighted by Gasteiger charge is 2.29. The smallest absolute Gasteiger partial charge is 0.305 e. The predicted octanol–water partition coefficient (Wildman–Crippen LogP) is 5.47. The summed E-state index contributed by atoms with van der Waals surface area (Å²) in [5, 5.41) is 9.24. The molecule has 0 aliphatic carbocycles. The molecule has 182 valence electrons. The van der Waals surface area contributed by atoms with E-state index in [0.717, 1.165) is 46.5 Å². The topological polar surface area (TPSA) is 106 Å². The van der Waals surface area contributed by atoms with E-state index in [4.69, 9.17) is 20.8 Å². The molecule has 1 aromatic carbocycles. The average Bonchev–Trinajstić information content (AvgIpc) is 3.37. The zero-order valence-corrected chi connectivity index (χ0v) is 21.0. The van der Waals surface area contributed by atoms with Gasteiger partial charge in [0.15, 0.2) is 11.4 Å². The van der Waals surface area contributed by atoms with E-state index in [1.807, 2.05) is 39.1 Å². The van der Waals surface area contributed by atoms with Gasteiger partial charge in [-0.3, -0.25) is 20.3 Å². The van der Waals surface area contributed by atoms with Crippen LogP contribution in [0.3, 0.4) is 0 Å². The molecule has 9 nitrogen and oxygen atoms in total. The number of hydrogen-bond donors (Lipinski definition) is 3. The summed E-state index contributed by atoms with van der Waals surface area (Å²) in [6.07, 6.45) is 1.00. The van der Waals surface area contributed by atoms with Crippen LogP contribution in [0.4, 0.5) is 11.5 Å². The lowest BCUT2D eigenvalue weighted by Crippen LogP contribution is -2.29. The Morgan fingerprint density at radius 1 is 1.26 bits per heavy atom. The van der Waals surface area contributed by atoms with E-state index in [-0.39, 0.29) is 17.1 Å². The van der Waals surface area contributed by atoms with Crippen LogP contribution in [0.2, 0.25) is 5.02 Å². The van der Waals surface area contributed by atoms with Crippen molar-refractivity contribution in [2.75, 3.05) is 17.3 Å². The monoisotopic (exact) mass is 494 g/mol. The summed E-state index contributed by atoms with van der Waals surface area (Å²) >= 11 is 6.45. The van der Waals surface area contributed by atoms with Crippen molar-refractivity contribution in [2.24, 2.45) is 7.05 Å². The van der Waals surface area contributed by atoms with Crippen LogP contribution in [0.5, 0.6) is 11.7 Å². The molecule has 3 aromatic heterocycles. The van der Waals surface area contributed by atoms with Gasteiger partial charge in [0.1, 0.15) is 11.6 Å². The minimum absolute atomic E-state index is 0.00721. The molecule has 1 aliphatic rings. The summed E-state index contributed by atoms with van der Waals surface area (Å²) in [5.41, 5.74) is 10.2. The lowest BCUT2D eigenvalue weighted by atomic mass is 9.78. The number of carbonyl (C=O) groups excluding carboxylic acids is 1. The second-order valence-corrected chi connectivity index (χ2v) is 9.83. The van der Waals surface area contributed by atoms with E-state index in [2.05, 4.69) is 40.1 Å². The fraction of sp³-hybridized carbons (Fsp3) is 0.320. The lowest BCUT2D eigenvalue weighted by molar-refractivity contribution is 0.0930. The van der Waals surface area contributed by atoms with E-state index in [1.54, 1.807) is 10.7 Å². The Hall–Kier alpha value is -3.72. The normalized spacial score (nSPS) is 14.3. The molecule has 10 heteroatoms. The number of anilines is 2. The first-order valence-corrected chi connectivity index (χ1v) is 11.7. The zero-order chi connectivity index (χ0) is 24.9. The predicted molar refractivity (Wildman–Crippen MR) is 135 cm³/mol. The van der Waals surface area contributed by atoms with Gasteiger partial charge in [-0.1, -0.05) is 25.4 Å². The SMILES string of the molecule is Cc1cc(NNC(=O)c2ccc(Oc3cc4c(cc3Cl)NCCC4(C)C)o2)nc2c1c(C)nn2C. The van der Waals surface area contributed by atoms with Crippen LogP contribution in [0.25, 0.3) is 11.0 Å². The quantitative estimate of drug-likeness (QED) is 0.316. The Balaban J connectivity index is 1.29. The number of amides is 1. The highest BCUT2D eigenvalue weighted by Crippen LogP contribution is 2.43. The second kappa shape index (κ2) is 8.49. The van der Waals surface area contributed by atoms with Crippen molar-refractivity contribution < 1.29 is 13.9 Å². The number of halogens is 1. The highest BCUT2D eigenvalue weighted by atomic mass is 35.5. The summed E-state index contributed by atoms with van der Waals surface area (Å²) in [5.74, 6) is 0.743. The van der Waals surface area contributed by atoms with E-state index in [9.17, 15) is 4.79 Å². The Morgan fingerprint density at radius 3 is 2.86 bits per heavy atom. The molecule has 35 heavy (non-hydrogen) atoms. The van der Waals surface area contributed by atoms with Crippen molar-refractivity contribution in [1.29, 1.82) is 0 Å². The summed E-state index contributed by atoms with van der Waals surface area (Å²) in [4.78, 5) is 17.2. The fourth-order valence-electron chi connectivity index (χ4n) is 4.49. The zero-order valence-electron chi connectivity index (χ0n) is 20.2. The first-order chi connectivity index (χ1) is 16.6. The van der Waals surface area contributed by atoms with Crippen LogP contribution in [-0.4, -0.2) is 27.2 Å². The summed E-state index contributed by atoms with van der Waals surface area (Å²) < 4.78 is 13.2. The number of rotatable bonds is 5. The molecular formula is C25H27ClN6O3. The van der Waals surface area contributed by atoms with E-state index in [1.165, 1.54) is 6.07 Å². The summed E-state index contributed by atoms with van der Waals surface area (Å²) in [6, 6.07) is 8.76. The van der Waals surface area contributed by atoms with Crippen LogP contribution in [-0.2, 0) is 12.5 Å². The van der Waals surface area contributed by atoms with Crippen LogP contribution in [0.15, 0.2) is 34.7 Å². The maximum Gasteiger partial charge on any atom is 0.305 e. The Kier molecular flexibility index (Phi) is 5.59. The van der Waals surface area contributed by atoms with Gasteiger partial charge < -0.3 is 14.5 Å². The van der Waals surface area contributed by atoms with Gasteiger partial charge >= 0.3 is 5.91 Å². The molecule has 0 fully saturated rings. The molecule has 1 amide bonds. The largest absolute Gasteiger partial charge is 0.424 e. The molecule has 0 atom stereocenters. The molecule has 4 aromatic rings. The van der Waals surface area contributed by atoms with Crippen molar-refractivity contribution in [3.63, 3.8) is 0 Å². The number of nitrogens with zero attached hydrogens (tertiary/aromatic N) is 3. The van der Waals surface area contributed by atoms with Crippen molar-refractivity contribution >= 4 is 40.0 Å². The molecule has 3 N–H and O–H groups in total. The number of aryl methyl sites for hydroxylation is 3. The molecule has 5 rings (SSSR count). The molecule has 4 heterocycles. The first-order valence-electron chi connectivity index (χ1n) is 11.4. The number of aromatic nitrogens is 3. The third-order valence-electron chi connectivity index (χ3n) is 6.35. The molecule has 1 aliphatic heterocycles. The van der Waals surface area contributed by atoms with Gasteiger partial charge in [0.25, 0.3) is 5.95 Å². The number of pyridine rings is 1. The maximum absolute atomic E-state index is 12.6. The molecule has 0 spiro atoms. The number of carbonyl (C=O) groups is 1. The number of hydrogen-bond acceptors (Lipinski definition) is 7. The van der Waals surface area contributed by atoms with Gasteiger partial charge in [0.05, 0.1) is 10.7 Å². The Morgan fingerprint density at radius 2 is 2.06 bits per heavy atom. The van der Waals surface area contributed by atoms with Crippen LogP contribution in [0, 0.1) is 13.8 Å². The molecule has 0 radical (unpaired) electrons. The van der Waals surface area contributed by atoms with Gasteiger partial charge in [0.2, 0.25) is 0 Å². The van der Waals surface area contributed by atoms with E-state index < -0.39 is 5.91 Å². The van der Waals surface area contributed by atoms with Gasteiger partial charge in [-0.15, -0.1) is 0 Å². The number of furan rings is 1. The average molecular weight is 495 g/mol. The van der Waals surface area contributed by atoms with E-state index >= 15 is 0 Å². The van der Waals surface area contributed by atoms with Crippen molar-refractivity contribution in [3.8, 4) is 11.7 Å². The minimum Gasteiger partial charge on any atom is -0.424 e. The van der Waals surface area contributed by atoms with Gasteiger partial charge in [-0.2, -0.15) is 5.10 Å². The number of hydrazine groups is 1. The third-order valence-corrected chi connectivity index (χ3v) is 6.65. The second-order valence-electron chi connectivity index (χ2n) is 9.42. The van der Waals surface area contributed by atoms with Gasteiger partial charge in [-0.25, -0.2) is 4.98 Å². The number of fused-ring (bicyclic) bond motifs is 2. The Labute approximate surface area is 207 Å². The van der Waals surface area contributed by atoms with E-state index in [0.29, 0.717) is 16.6 Å². The Bertz CT molecular complexity index is 1460. The van der Waals surface area contributed by atoms with Crippen LogP contribution < -0.4 is 20.9 Å². The summed E-state index contributed by atoms with van der Waals surface area (Å²) in [7, 11) is 1.83. The standard InChI is InChI=1S/C25H27ClN6O3/c1-13-10-20(28-23-22(13)14(2)31-32(23)5)29-30-24(33)18-6-7-21(34-18)35-19-11-15-17(12-16(19)26)27-9-8-25(15,3)4/h6-7,10-12,27H,8-9H2,1-5H3,(H,28,29)(H,30,33). The lowest BCUT2D eigenvalue weighted by Gasteiger charge is -2.33. The van der Waals surface area contributed by atoms with Gasteiger partial charge in [0, 0.05) is 30.7 Å². The maximum atomic E-state index is 12.6. The van der Waals surface area contributed by atoms with Crippen LogP contribution in [0.1, 0.15) is 47.6 Å². The van der Waals surface area contributed by atoms with Crippen LogP contribution >= 0.6 is 11.6 Å². The minimum atomic E-state index is -0.470. The first kappa shape index (κ1) is 23.0. The number of ether oxygens (including phenoxy) is 1. The highest BCUT2D eigenvalue weighted by molar-refractivity contribution is 6.32. The van der Waals surface area contributed by atoms with Crippen molar-refractivity contribution in [3.05, 3.63) is 57.9 Å². The molecular weight excluding hydrogens is 468 g/mol. The number of benzene rings is 1.